The third kappa shape index (κ3) is 7.59. The number of carbonyl (C=O) groups is 1. The number of hydrogen-bond donors (Lipinski definition) is 1. The first kappa shape index (κ1) is 29.5. The van der Waals surface area contributed by atoms with E-state index < -0.39 is 35.7 Å². The summed E-state index contributed by atoms with van der Waals surface area (Å²) in [7, 11) is 0. The average Bonchev–Trinajstić information content (AvgIpc) is 3.28. The van der Waals surface area contributed by atoms with Gasteiger partial charge in [0.25, 0.3) is 5.91 Å². The van der Waals surface area contributed by atoms with E-state index in [1.165, 1.54) is 12.1 Å². The van der Waals surface area contributed by atoms with Crippen LogP contribution in [0.1, 0.15) is 67.5 Å². The summed E-state index contributed by atoms with van der Waals surface area (Å²) in [6, 6.07) is 16.1. The Morgan fingerprint density at radius 2 is 1.57 bits per heavy atom. The molecule has 0 aliphatic heterocycles. The van der Waals surface area contributed by atoms with Crippen LogP contribution in [-0.2, 0) is 6.42 Å². The van der Waals surface area contributed by atoms with E-state index in [9.17, 15) is 26.7 Å². The van der Waals surface area contributed by atoms with Crippen molar-refractivity contribution in [2.24, 2.45) is 0 Å². The quantitative estimate of drug-likeness (QED) is 0.135. The van der Waals surface area contributed by atoms with Gasteiger partial charge in [-0.3, -0.25) is 9.36 Å². The number of nitrogens with one attached hydrogen (secondary N) is 1. The van der Waals surface area contributed by atoms with Gasteiger partial charge < -0.3 is 5.32 Å². The lowest BCUT2D eigenvalue weighted by Crippen LogP contribution is -2.15. The predicted octanol–water partition coefficient (Wildman–Crippen LogP) is 9.43. The Bertz CT molecular complexity index is 1470. The van der Waals surface area contributed by atoms with Crippen LogP contribution in [0.15, 0.2) is 60.7 Å². The molecular weight excluding hydrogens is 549 g/mol. The molecule has 0 atom stereocenters. The lowest BCUT2D eigenvalue weighted by atomic mass is 10.1. The second-order valence-corrected chi connectivity index (χ2v) is 10.1. The van der Waals surface area contributed by atoms with Crippen LogP contribution >= 0.6 is 11.6 Å². The number of aryl methyl sites for hydroxylation is 1. The van der Waals surface area contributed by atoms with Crippen LogP contribution in [0.5, 0.6) is 0 Å². The molecule has 4 aromatic rings. The van der Waals surface area contributed by atoms with E-state index in [1.54, 1.807) is 18.2 Å². The van der Waals surface area contributed by atoms with E-state index in [0.717, 1.165) is 60.7 Å². The number of halogens is 6. The fourth-order valence-corrected chi connectivity index (χ4v) is 4.86. The van der Waals surface area contributed by atoms with Gasteiger partial charge in [-0.05, 0) is 55.3 Å². The van der Waals surface area contributed by atoms with Gasteiger partial charge in [0.2, 0.25) is 0 Å². The molecule has 3 aromatic carbocycles. The molecule has 212 valence electrons. The molecule has 1 heterocycles. The molecule has 40 heavy (non-hydrogen) atoms. The molecule has 4 nitrogen and oxygen atoms in total. The van der Waals surface area contributed by atoms with Gasteiger partial charge in [-0.2, -0.15) is 13.2 Å². The number of para-hydroxylation sites is 2. The molecule has 0 spiro atoms. The van der Waals surface area contributed by atoms with Crippen LogP contribution in [0.2, 0.25) is 5.02 Å². The van der Waals surface area contributed by atoms with Crippen LogP contribution in [0.25, 0.3) is 16.7 Å². The average molecular weight is 578 g/mol. The van der Waals surface area contributed by atoms with Crippen molar-refractivity contribution in [1.29, 1.82) is 0 Å². The van der Waals surface area contributed by atoms with Gasteiger partial charge in [0.1, 0.15) is 5.82 Å². The summed E-state index contributed by atoms with van der Waals surface area (Å²) in [6.45, 7) is 0. The van der Waals surface area contributed by atoms with Crippen LogP contribution in [-0.4, -0.2) is 21.6 Å². The molecule has 10 heteroatoms. The lowest BCUT2D eigenvalue weighted by molar-refractivity contribution is -0.135. The maximum atomic E-state index is 14.0. The minimum absolute atomic E-state index is 0.181. The van der Waals surface area contributed by atoms with Crippen molar-refractivity contribution in [1.82, 2.24) is 9.55 Å². The molecule has 4 rings (SSSR count). The van der Waals surface area contributed by atoms with Crippen LogP contribution in [0.3, 0.4) is 0 Å². The number of hydrogen-bond acceptors (Lipinski definition) is 2. The molecule has 0 aliphatic rings. The lowest BCUT2D eigenvalue weighted by Gasteiger charge is -2.13. The number of nitrogens with zero attached hydrogens (tertiary/aromatic N) is 2. The first-order valence-corrected chi connectivity index (χ1v) is 13.6. The van der Waals surface area contributed by atoms with Gasteiger partial charge in [0, 0.05) is 18.5 Å². The van der Waals surface area contributed by atoms with Gasteiger partial charge in [-0.15, -0.1) is 0 Å². The number of carbonyl (C=O) groups excluding carboxylic acids is 1. The zero-order valence-electron chi connectivity index (χ0n) is 21.7. The van der Waals surface area contributed by atoms with E-state index in [0.29, 0.717) is 12.8 Å². The largest absolute Gasteiger partial charge is 0.389 e. The van der Waals surface area contributed by atoms with E-state index in [2.05, 4.69) is 5.32 Å². The third-order valence-corrected chi connectivity index (χ3v) is 6.96. The first-order chi connectivity index (χ1) is 19.1. The summed E-state index contributed by atoms with van der Waals surface area (Å²) in [5.41, 5.74) is 2.26. The number of aromatic nitrogens is 2. The van der Waals surface area contributed by atoms with Gasteiger partial charge in [0.15, 0.2) is 11.6 Å². The second kappa shape index (κ2) is 13.3. The second-order valence-electron chi connectivity index (χ2n) is 9.66. The van der Waals surface area contributed by atoms with Gasteiger partial charge in [0.05, 0.1) is 27.3 Å². The van der Waals surface area contributed by atoms with Crippen molar-refractivity contribution >= 4 is 34.2 Å². The van der Waals surface area contributed by atoms with Crippen molar-refractivity contribution in [3.05, 3.63) is 88.7 Å². The van der Waals surface area contributed by atoms with Gasteiger partial charge in [-0.25, -0.2) is 13.8 Å². The Balaban J connectivity index is 1.41. The zero-order chi connectivity index (χ0) is 28.7. The molecule has 1 amide bonds. The standard InChI is InChI=1S/C30H29ClF5N3O/c31-22-19-20(16-17-24(22)38-29(40)21-11-10-12-23(32)28(21)33)39-26-14-8-7-13-25(26)37-27(39)15-6-4-2-1-3-5-9-18-30(34,35)36/h7-8,10-14,16-17,19H,1-6,9,15,18H2,(H,38,40). The van der Waals surface area contributed by atoms with Gasteiger partial charge >= 0.3 is 6.18 Å². The maximum absolute atomic E-state index is 14.0. The number of fused-ring (bicyclic) bond motifs is 1. The Labute approximate surface area is 234 Å². The summed E-state index contributed by atoms with van der Waals surface area (Å²) in [6.07, 6.45) is 1.11. The maximum Gasteiger partial charge on any atom is 0.389 e. The number of rotatable bonds is 12. The first-order valence-electron chi connectivity index (χ1n) is 13.2. The third-order valence-electron chi connectivity index (χ3n) is 6.65. The molecule has 0 radical (unpaired) electrons. The molecule has 0 fully saturated rings. The van der Waals surface area contributed by atoms with Crippen LogP contribution in [0, 0.1) is 11.6 Å². The van der Waals surface area contributed by atoms with Crippen molar-refractivity contribution in [3.8, 4) is 5.69 Å². The highest BCUT2D eigenvalue weighted by Gasteiger charge is 2.25. The highest BCUT2D eigenvalue weighted by atomic mass is 35.5. The zero-order valence-corrected chi connectivity index (χ0v) is 22.5. The Morgan fingerprint density at radius 1 is 0.875 bits per heavy atom. The Kier molecular flexibility index (Phi) is 9.79. The highest BCUT2D eigenvalue weighted by Crippen LogP contribution is 2.30. The van der Waals surface area contributed by atoms with E-state index in [4.69, 9.17) is 16.6 Å². The molecule has 1 N–H and O–H groups in total. The van der Waals surface area contributed by atoms with Gasteiger partial charge in [-0.1, -0.05) is 61.9 Å². The number of unbranched alkanes of at least 4 members (excludes halogenated alkanes) is 6. The molecule has 0 saturated carbocycles. The smallest absolute Gasteiger partial charge is 0.321 e. The summed E-state index contributed by atoms with van der Waals surface area (Å²) < 4.78 is 66.3. The SMILES string of the molecule is O=C(Nc1ccc(-n2c(CCCCCCCCCC(F)(F)F)nc3ccccc32)cc1Cl)c1cccc(F)c1F. The van der Waals surface area contributed by atoms with Crippen LogP contribution in [0.4, 0.5) is 27.6 Å². The summed E-state index contributed by atoms with van der Waals surface area (Å²) in [5, 5.41) is 2.75. The monoisotopic (exact) mass is 577 g/mol. The molecule has 0 bridgehead atoms. The summed E-state index contributed by atoms with van der Waals surface area (Å²) in [5.74, 6) is -2.33. The van der Waals surface area contributed by atoms with Crippen molar-refractivity contribution in [3.63, 3.8) is 0 Å². The van der Waals surface area contributed by atoms with Crippen molar-refractivity contribution in [2.75, 3.05) is 5.32 Å². The summed E-state index contributed by atoms with van der Waals surface area (Å²) >= 11 is 6.50. The Hall–Kier alpha value is -3.46. The predicted molar refractivity (Wildman–Crippen MR) is 147 cm³/mol. The van der Waals surface area contributed by atoms with E-state index >= 15 is 0 Å². The number of amides is 1. The topological polar surface area (TPSA) is 46.9 Å². The molecule has 0 aliphatic carbocycles. The van der Waals surface area contributed by atoms with Crippen molar-refractivity contribution < 1.29 is 26.7 Å². The Morgan fingerprint density at radius 3 is 2.30 bits per heavy atom. The molecule has 0 unspecified atom stereocenters. The number of anilines is 1. The van der Waals surface area contributed by atoms with E-state index in [-0.39, 0.29) is 17.1 Å². The van der Waals surface area contributed by atoms with E-state index in [1.807, 2.05) is 28.8 Å². The normalized spacial score (nSPS) is 11.8. The molecule has 1 aromatic heterocycles. The number of benzene rings is 3. The fraction of sp³-hybridized carbons (Fsp3) is 0.333. The highest BCUT2D eigenvalue weighted by molar-refractivity contribution is 6.34. The fourth-order valence-electron chi connectivity index (χ4n) is 4.64. The minimum Gasteiger partial charge on any atom is -0.321 e. The number of alkyl halides is 3. The van der Waals surface area contributed by atoms with Crippen LogP contribution < -0.4 is 5.32 Å². The van der Waals surface area contributed by atoms with Crippen molar-refractivity contribution in [2.45, 2.75) is 64.0 Å². The minimum atomic E-state index is -4.08. The summed E-state index contributed by atoms with van der Waals surface area (Å²) in [4.78, 5) is 17.3. The number of imidazole rings is 1. The molecule has 0 saturated heterocycles. The molecular formula is C30H29ClF5N3O.